The van der Waals surface area contributed by atoms with Crippen molar-refractivity contribution in [2.45, 2.75) is 13.3 Å². The van der Waals surface area contributed by atoms with Gasteiger partial charge in [-0.25, -0.2) is 13.1 Å². The number of nitrogens with one attached hydrogen (secondary N) is 2. The minimum Gasteiger partial charge on any atom is -0.379 e. The maximum atomic E-state index is 11.5. The van der Waals surface area contributed by atoms with Crippen molar-refractivity contribution in [1.82, 2.24) is 29.4 Å². The van der Waals surface area contributed by atoms with E-state index in [4.69, 9.17) is 4.74 Å². The first-order chi connectivity index (χ1) is 12.6. The highest BCUT2D eigenvalue weighted by molar-refractivity contribution is 7.89. The molecule has 1 saturated heterocycles. The molecule has 3 heterocycles. The van der Waals surface area contributed by atoms with Crippen molar-refractivity contribution in [2.24, 2.45) is 0 Å². The van der Waals surface area contributed by atoms with Crippen LogP contribution in [0.25, 0.3) is 5.65 Å². The van der Waals surface area contributed by atoms with Gasteiger partial charge in [-0.2, -0.15) is 4.52 Å². The van der Waals surface area contributed by atoms with E-state index in [0.29, 0.717) is 17.9 Å². The molecule has 2 aromatic heterocycles. The molecule has 0 bridgehead atoms. The van der Waals surface area contributed by atoms with E-state index in [1.807, 2.05) is 12.1 Å². The fraction of sp³-hybridized carbons (Fsp3) is 0.667. The summed E-state index contributed by atoms with van der Waals surface area (Å²) in [7, 11) is -3.21. The van der Waals surface area contributed by atoms with E-state index in [2.05, 4.69) is 30.2 Å². The Balaban J connectivity index is 1.56. The molecule has 0 amide bonds. The monoisotopic (exact) mass is 383 g/mol. The summed E-state index contributed by atoms with van der Waals surface area (Å²) < 4.78 is 32.5. The third-order valence-corrected chi connectivity index (χ3v) is 5.62. The number of ether oxygens (including phenoxy) is 1. The maximum absolute atomic E-state index is 11.5. The molecule has 1 aliphatic heterocycles. The SMILES string of the molecule is CCS(=O)(=O)NCCc1nnc2ccc(NCCN3CCOCC3)nn12. The van der Waals surface area contributed by atoms with Crippen LogP contribution in [0.3, 0.4) is 0 Å². The van der Waals surface area contributed by atoms with Crippen molar-refractivity contribution in [3.63, 3.8) is 0 Å². The lowest BCUT2D eigenvalue weighted by Crippen LogP contribution is -2.39. The summed E-state index contributed by atoms with van der Waals surface area (Å²) in [4.78, 5) is 2.35. The second-order valence-corrected chi connectivity index (χ2v) is 8.13. The van der Waals surface area contributed by atoms with Gasteiger partial charge in [-0.3, -0.25) is 4.90 Å². The van der Waals surface area contributed by atoms with Crippen LogP contribution in [0.5, 0.6) is 0 Å². The molecule has 0 spiro atoms. The minimum absolute atomic E-state index is 0.0586. The molecule has 0 aliphatic carbocycles. The highest BCUT2D eigenvalue weighted by Gasteiger charge is 2.12. The fourth-order valence-corrected chi connectivity index (χ4v) is 3.29. The topological polar surface area (TPSA) is 114 Å². The number of hydrogen-bond acceptors (Lipinski definition) is 8. The first kappa shape index (κ1) is 19.0. The smallest absolute Gasteiger partial charge is 0.211 e. The van der Waals surface area contributed by atoms with Crippen LogP contribution in [0.4, 0.5) is 5.82 Å². The summed E-state index contributed by atoms with van der Waals surface area (Å²) >= 11 is 0. The average molecular weight is 383 g/mol. The number of morpholine rings is 1. The fourth-order valence-electron chi connectivity index (χ4n) is 2.67. The van der Waals surface area contributed by atoms with Crippen molar-refractivity contribution in [2.75, 3.05) is 57.0 Å². The third-order valence-electron chi connectivity index (χ3n) is 4.22. The van der Waals surface area contributed by atoms with Gasteiger partial charge in [0.2, 0.25) is 10.0 Å². The van der Waals surface area contributed by atoms with Gasteiger partial charge in [0.1, 0.15) is 5.82 Å². The standard InChI is InChI=1S/C15H25N7O3S/c1-2-26(23,24)17-6-5-15-19-18-14-4-3-13(20-22(14)15)16-7-8-21-9-11-25-12-10-21/h3-4,17H,2,5-12H2,1H3,(H,16,20). The predicted molar refractivity (Wildman–Crippen MR) is 97.7 cm³/mol. The molecule has 10 nitrogen and oxygen atoms in total. The Morgan fingerprint density at radius 3 is 2.77 bits per heavy atom. The number of aromatic nitrogens is 4. The summed E-state index contributed by atoms with van der Waals surface area (Å²) in [6.07, 6.45) is 0.421. The second-order valence-electron chi connectivity index (χ2n) is 6.03. The van der Waals surface area contributed by atoms with Crippen molar-refractivity contribution in [3.05, 3.63) is 18.0 Å². The molecule has 0 aromatic carbocycles. The molecule has 1 fully saturated rings. The number of hydrogen-bond donors (Lipinski definition) is 2. The van der Waals surface area contributed by atoms with Gasteiger partial charge in [0, 0.05) is 39.1 Å². The molecule has 0 saturated carbocycles. The zero-order valence-electron chi connectivity index (χ0n) is 14.9. The maximum Gasteiger partial charge on any atom is 0.211 e. The van der Waals surface area contributed by atoms with Crippen LogP contribution >= 0.6 is 0 Å². The normalized spacial score (nSPS) is 16.2. The van der Waals surface area contributed by atoms with Crippen LogP contribution in [0.1, 0.15) is 12.7 Å². The molecular weight excluding hydrogens is 358 g/mol. The van der Waals surface area contributed by atoms with Crippen molar-refractivity contribution < 1.29 is 13.2 Å². The van der Waals surface area contributed by atoms with E-state index < -0.39 is 10.0 Å². The van der Waals surface area contributed by atoms with Gasteiger partial charge in [-0.05, 0) is 19.1 Å². The molecule has 0 unspecified atom stereocenters. The van der Waals surface area contributed by atoms with E-state index in [0.717, 1.165) is 45.2 Å². The second kappa shape index (κ2) is 8.71. The van der Waals surface area contributed by atoms with E-state index in [1.54, 1.807) is 11.4 Å². The lowest BCUT2D eigenvalue weighted by molar-refractivity contribution is 0.0398. The van der Waals surface area contributed by atoms with Gasteiger partial charge in [0.15, 0.2) is 11.5 Å². The molecule has 3 rings (SSSR count). The summed E-state index contributed by atoms with van der Waals surface area (Å²) in [6, 6.07) is 3.71. The number of nitrogens with zero attached hydrogens (tertiary/aromatic N) is 5. The van der Waals surface area contributed by atoms with E-state index in [9.17, 15) is 8.42 Å². The molecule has 144 valence electrons. The number of rotatable bonds is 9. The first-order valence-electron chi connectivity index (χ1n) is 8.80. The van der Waals surface area contributed by atoms with Crippen LogP contribution in [0.2, 0.25) is 0 Å². The molecule has 0 atom stereocenters. The summed E-state index contributed by atoms with van der Waals surface area (Å²) in [6.45, 7) is 7.07. The van der Waals surface area contributed by atoms with Crippen LogP contribution in [0.15, 0.2) is 12.1 Å². The highest BCUT2D eigenvalue weighted by Crippen LogP contribution is 2.08. The highest BCUT2D eigenvalue weighted by atomic mass is 32.2. The molecule has 11 heteroatoms. The summed E-state index contributed by atoms with van der Waals surface area (Å²) in [5.74, 6) is 1.42. The van der Waals surface area contributed by atoms with Gasteiger partial charge >= 0.3 is 0 Å². The molecule has 0 radical (unpaired) electrons. The summed E-state index contributed by atoms with van der Waals surface area (Å²) in [5, 5.41) is 16.0. The Hall–Kier alpha value is -1.82. The van der Waals surface area contributed by atoms with Crippen LogP contribution in [0, 0.1) is 0 Å². The molecular formula is C15H25N7O3S. The van der Waals surface area contributed by atoms with E-state index in [1.165, 1.54) is 0 Å². The predicted octanol–water partition coefficient (Wildman–Crippen LogP) is -0.650. The van der Waals surface area contributed by atoms with Gasteiger partial charge in [0.25, 0.3) is 0 Å². The third kappa shape index (κ3) is 5.10. The Morgan fingerprint density at radius 1 is 1.19 bits per heavy atom. The Kier molecular flexibility index (Phi) is 6.35. The molecule has 2 N–H and O–H groups in total. The Morgan fingerprint density at radius 2 is 2.00 bits per heavy atom. The lowest BCUT2D eigenvalue weighted by atomic mass is 10.4. The van der Waals surface area contributed by atoms with Crippen molar-refractivity contribution in [1.29, 1.82) is 0 Å². The largest absolute Gasteiger partial charge is 0.379 e. The van der Waals surface area contributed by atoms with Gasteiger partial charge < -0.3 is 10.1 Å². The molecule has 26 heavy (non-hydrogen) atoms. The van der Waals surface area contributed by atoms with Crippen LogP contribution in [-0.4, -0.2) is 84.8 Å². The van der Waals surface area contributed by atoms with Gasteiger partial charge in [-0.15, -0.1) is 15.3 Å². The number of fused-ring (bicyclic) bond motifs is 1. The quantitative estimate of drug-likeness (QED) is 0.587. The minimum atomic E-state index is -3.21. The van der Waals surface area contributed by atoms with Gasteiger partial charge in [-0.1, -0.05) is 0 Å². The number of anilines is 1. The molecule has 1 aliphatic rings. The number of sulfonamides is 1. The van der Waals surface area contributed by atoms with Crippen LogP contribution < -0.4 is 10.0 Å². The Bertz CT molecular complexity index is 818. The zero-order chi connectivity index (χ0) is 18.4. The first-order valence-corrected chi connectivity index (χ1v) is 10.5. The van der Waals surface area contributed by atoms with Crippen molar-refractivity contribution in [3.8, 4) is 0 Å². The zero-order valence-corrected chi connectivity index (χ0v) is 15.7. The van der Waals surface area contributed by atoms with Gasteiger partial charge in [0.05, 0.1) is 19.0 Å². The summed E-state index contributed by atoms with van der Waals surface area (Å²) in [5.41, 5.74) is 0.636. The van der Waals surface area contributed by atoms with E-state index >= 15 is 0 Å². The molecule has 2 aromatic rings. The average Bonchev–Trinajstić information content (AvgIpc) is 3.05. The Labute approximate surface area is 153 Å². The van der Waals surface area contributed by atoms with E-state index in [-0.39, 0.29) is 12.3 Å². The van der Waals surface area contributed by atoms with Crippen LogP contribution in [-0.2, 0) is 21.2 Å². The lowest BCUT2D eigenvalue weighted by Gasteiger charge is -2.26. The van der Waals surface area contributed by atoms with Crippen molar-refractivity contribution >= 4 is 21.5 Å².